The first kappa shape index (κ1) is 15.2. The molecule has 1 atom stereocenters. The zero-order valence-electron chi connectivity index (χ0n) is 9.94. The molecule has 0 saturated carbocycles. The van der Waals surface area contributed by atoms with Crippen molar-refractivity contribution in [3.05, 3.63) is 35.9 Å². The summed E-state index contributed by atoms with van der Waals surface area (Å²) in [5.74, 6) is 0. The van der Waals surface area contributed by atoms with Crippen molar-refractivity contribution in [3.63, 3.8) is 0 Å². The maximum atomic E-state index is 9.94. The van der Waals surface area contributed by atoms with Gasteiger partial charge in [0, 0.05) is 38.2 Å². The molecular formula is C12H19NOY. The number of hydrogen-bond donors (Lipinski definition) is 1. The van der Waals surface area contributed by atoms with E-state index in [1.54, 1.807) is 0 Å². The van der Waals surface area contributed by atoms with Crippen LogP contribution < -0.4 is 0 Å². The van der Waals surface area contributed by atoms with Crippen LogP contribution in [0.2, 0.25) is 0 Å². The molecule has 0 aromatic heterocycles. The summed E-state index contributed by atoms with van der Waals surface area (Å²) in [7, 11) is 0. The standard InChI is InChI=1S/C12H19NO.Y/c1-10(13(14)12(2,3)4)11-8-6-5-7-9-11;/h5-10,14H,1-4H3;. The summed E-state index contributed by atoms with van der Waals surface area (Å²) in [6.07, 6.45) is 0. The third-order valence-electron chi connectivity index (χ3n) is 2.34. The van der Waals surface area contributed by atoms with E-state index in [1.165, 1.54) is 5.06 Å². The van der Waals surface area contributed by atoms with Gasteiger partial charge in [-0.05, 0) is 33.3 Å². The summed E-state index contributed by atoms with van der Waals surface area (Å²) >= 11 is 0. The monoisotopic (exact) mass is 282 g/mol. The Morgan fingerprint density at radius 1 is 1.13 bits per heavy atom. The second-order valence-corrected chi connectivity index (χ2v) is 4.60. The first-order valence-corrected chi connectivity index (χ1v) is 4.96. The third kappa shape index (κ3) is 4.32. The van der Waals surface area contributed by atoms with Crippen LogP contribution in [0.4, 0.5) is 0 Å². The van der Waals surface area contributed by atoms with Crippen molar-refractivity contribution >= 4 is 0 Å². The molecule has 0 aliphatic rings. The number of rotatable bonds is 2. The molecule has 15 heavy (non-hydrogen) atoms. The Morgan fingerprint density at radius 3 is 2.00 bits per heavy atom. The smallest absolute Gasteiger partial charge is 0.0577 e. The zero-order chi connectivity index (χ0) is 10.8. The zero-order valence-corrected chi connectivity index (χ0v) is 12.8. The minimum absolute atomic E-state index is 0. The summed E-state index contributed by atoms with van der Waals surface area (Å²) in [5, 5.41) is 11.3. The molecule has 0 saturated heterocycles. The molecule has 0 aliphatic heterocycles. The van der Waals surface area contributed by atoms with Gasteiger partial charge in [0.1, 0.15) is 0 Å². The van der Waals surface area contributed by atoms with Gasteiger partial charge in [0.25, 0.3) is 0 Å². The van der Waals surface area contributed by atoms with Gasteiger partial charge in [-0.3, -0.25) is 0 Å². The quantitative estimate of drug-likeness (QED) is 0.842. The Labute approximate surface area is 118 Å². The van der Waals surface area contributed by atoms with E-state index in [0.29, 0.717) is 0 Å². The fraction of sp³-hybridized carbons (Fsp3) is 0.500. The van der Waals surface area contributed by atoms with Crippen LogP contribution in [0.15, 0.2) is 30.3 Å². The molecule has 0 heterocycles. The average Bonchev–Trinajstić information content (AvgIpc) is 2.15. The molecule has 1 unspecified atom stereocenters. The van der Waals surface area contributed by atoms with Gasteiger partial charge in [0.15, 0.2) is 0 Å². The van der Waals surface area contributed by atoms with Gasteiger partial charge in [-0.15, -0.1) is 0 Å². The van der Waals surface area contributed by atoms with Gasteiger partial charge >= 0.3 is 0 Å². The largest absolute Gasteiger partial charge is 0.313 e. The maximum absolute atomic E-state index is 9.94. The number of hydrogen-bond acceptors (Lipinski definition) is 2. The van der Waals surface area contributed by atoms with Crippen molar-refractivity contribution in [2.24, 2.45) is 0 Å². The topological polar surface area (TPSA) is 23.5 Å². The van der Waals surface area contributed by atoms with Gasteiger partial charge in [0.05, 0.1) is 6.04 Å². The second-order valence-electron chi connectivity index (χ2n) is 4.60. The Kier molecular flexibility index (Phi) is 6.20. The molecule has 2 nitrogen and oxygen atoms in total. The Morgan fingerprint density at radius 2 is 1.60 bits per heavy atom. The Balaban J connectivity index is 0.00000196. The van der Waals surface area contributed by atoms with Crippen molar-refractivity contribution in [1.82, 2.24) is 5.06 Å². The van der Waals surface area contributed by atoms with Crippen LogP contribution in [-0.4, -0.2) is 15.8 Å². The average molecular weight is 282 g/mol. The van der Waals surface area contributed by atoms with Crippen molar-refractivity contribution in [2.45, 2.75) is 39.3 Å². The molecular weight excluding hydrogens is 263 g/mol. The summed E-state index contributed by atoms with van der Waals surface area (Å²) < 4.78 is 0. The fourth-order valence-electron chi connectivity index (χ4n) is 1.45. The fourth-order valence-corrected chi connectivity index (χ4v) is 1.45. The minimum atomic E-state index is -0.227. The van der Waals surface area contributed by atoms with Gasteiger partial charge in [-0.1, -0.05) is 30.3 Å². The van der Waals surface area contributed by atoms with E-state index in [4.69, 9.17) is 0 Å². The predicted octanol–water partition coefficient (Wildman–Crippen LogP) is 3.23. The van der Waals surface area contributed by atoms with Crippen LogP contribution in [0, 0.1) is 0 Å². The van der Waals surface area contributed by atoms with Gasteiger partial charge in [-0.25, -0.2) is 0 Å². The first-order chi connectivity index (χ1) is 6.43. The molecule has 0 aliphatic carbocycles. The molecule has 3 heteroatoms. The van der Waals surface area contributed by atoms with E-state index < -0.39 is 0 Å². The molecule has 0 amide bonds. The van der Waals surface area contributed by atoms with Crippen molar-refractivity contribution in [3.8, 4) is 0 Å². The number of hydroxylamine groups is 2. The van der Waals surface area contributed by atoms with Crippen molar-refractivity contribution in [1.29, 1.82) is 0 Å². The number of benzene rings is 1. The molecule has 1 aromatic carbocycles. The minimum Gasteiger partial charge on any atom is -0.313 e. The molecule has 0 spiro atoms. The van der Waals surface area contributed by atoms with E-state index in [-0.39, 0.29) is 44.3 Å². The molecule has 0 bridgehead atoms. The third-order valence-corrected chi connectivity index (χ3v) is 2.34. The molecule has 1 radical (unpaired) electrons. The molecule has 1 rings (SSSR count). The van der Waals surface area contributed by atoms with E-state index in [9.17, 15) is 5.21 Å². The van der Waals surface area contributed by atoms with Crippen molar-refractivity contribution < 1.29 is 37.9 Å². The Hall–Kier alpha value is 0.244. The summed E-state index contributed by atoms with van der Waals surface area (Å²) in [6, 6.07) is 10.0. The normalized spacial score (nSPS) is 13.5. The predicted molar refractivity (Wildman–Crippen MR) is 58.2 cm³/mol. The van der Waals surface area contributed by atoms with Gasteiger partial charge in [0.2, 0.25) is 0 Å². The summed E-state index contributed by atoms with van der Waals surface area (Å²) in [5.41, 5.74) is 0.903. The Bertz CT molecular complexity index is 281. The second kappa shape index (κ2) is 6.10. The van der Waals surface area contributed by atoms with E-state index in [0.717, 1.165) is 5.56 Å². The molecule has 81 valence electrons. The molecule has 1 aromatic rings. The van der Waals surface area contributed by atoms with Crippen LogP contribution in [-0.2, 0) is 32.7 Å². The maximum Gasteiger partial charge on any atom is 0.0577 e. The molecule has 0 fully saturated rings. The first-order valence-electron chi connectivity index (χ1n) is 4.96. The van der Waals surface area contributed by atoms with Crippen LogP contribution in [0.25, 0.3) is 0 Å². The van der Waals surface area contributed by atoms with Crippen LogP contribution in [0.3, 0.4) is 0 Å². The molecule has 1 N–H and O–H groups in total. The summed E-state index contributed by atoms with van der Waals surface area (Å²) in [4.78, 5) is 0. The van der Waals surface area contributed by atoms with Crippen LogP contribution in [0.1, 0.15) is 39.3 Å². The summed E-state index contributed by atoms with van der Waals surface area (Å²) in [6.45, 7) is 7.98. The van der Waals surface area contributed by atoms with Crippen molar-refractivity contribution in [2.75, 3.05) is 0 Å². The van der Waals surface area contributed by atoms with Gasteiger partial charge < -0.3 is 5.21 Å². The van der Waals surface area contributed by atoms with E-state index in [2.05, 4.69) is 0 Å². The van der Waals surface area contributed by atoms with Gasteiger partial charge in [-0.2, -0.15) is 5.06 Å². The number of nitrogens with zero attached hydrogens (tertiary/aromatic N) is 1. The van der Waals surface area contributed by atoms with Crippen LogP contribution in [0.5, 0.6) is 0 Å². The van der Waals surface area contributed by atoms with E-state index in [1.807, 2.05) is 58.0 Å². The SMILES string of the molecule is CC(c1ccccc1)N(O)C(C)(C)C.[Y]. The van der Waals surface area contributed by atoms with E-state index >= 15 is 0 Å². The van der Waals surface area contributed by atoms with Crippen LogP contribution >= 0.6 is 0 Å².